The second-order valence-electron chi connectivity index (χ2n) is 3.82. The Hall–Kier alpha value is -0.570. The van der Waals surface area contributed by atoms with Gasteiger partial charge in [0.25, 0.3) is 0 Å². The molecule has 0 aromatic heterocycles. The third kappa shape index (κ3) is 2.08. The van der Waals surface area contributed by atoms with E-state index in [0.29, 0.717) is 25.9 Å². The molecule has 3 nitrogen and oxygen atoms in total. The molecular formula is C10H15ClO3. The van der Waals surface area contributed by atoms with Gasteiger partial charge in [0.05, 0.1) is 6.61 Å². The average molecular weight is 219 g/mol. The van der Waals surface area contributed by atoms with Crippen LogP contribution in [0.4, 0.5) is 0 Å². The van der Waals surface area contributed by atoms with Crippen LogP contribution in [0.25, 0.3) is 0 Å². The molecule has 80 valence electrons. The van der Waals surface area contributed by atoms with Crippen molar-refractivity contribution in [3.63, 3.8) is 0 Å². The second-order valence-corrected chi connectivity index (χ2v) is 4.43. The number of hydrogen-bond acceptors (Lipinski definition) is 3. The van der Waals surface area contributed by atoms with Crippen molar-refractivity contribution in [2.75, 3.05) is 6.61 Å². The molecule has 4 heteroatoms. The molecule has 1 aliphatic carbocycles. The van der Waals surface area contributed by atoms with Gasteiger partial charge in [-0.25, -0.2) is 0 Å². The molecule has 2 unspecified atom stereocenters. The lowest BCUT2D eigenvalue weighted by molar-refractivity contribution is -0.160. The summed E-state index contributed by atoms with van der Waals surface area (Å²) in [6, 6.07) is 0. The number of esters is 1. The van der Waals surface area contributed by atoms with Crippen LogP contribution in [-0.2, 0) is 14.3 Å². The minimum absolute atomic E-state index is 0.0483. The van der Waals surface area contributed by atoms with Crippen LogP contribution >= 0.6 is 11.6 Å². The molecule has 1 fully saturated rings. The summed E-state index contributed by atoms with van der Waals surface area (Å²) >= 11 is 5.95. The summed E-state index contributed by atoms with van der Waals surface area (Å²) in [4.78, 5) is 23.2. The first-order valence-electron chi connectivity index (χ1n) is 4.85. The van der Waals surface area contributed by atoms with Gasteiger partial charge in [0.2, 0.25) is 0 Å². The molecule has 0 aliphatic heterocycles. The Labute approximate surface area is 88.8 Å². The SMILES string of the molecule is CCOC(=O)C1(C)CC(Cl)CCC1=O. The fourth-order valence-electron chi connectivity index (χ4n) is 1.71. The van der Waals surface area contributed by atoms with Crippen LogP contribution in [0.3, 0.4) is 0 Å². The van der Waals surface area contributed by atoms with Crippen LogP contribution in [0.15, 0.2) is 0 Å². The number of ether oxygens (including phenoxy) is 1. The Morgan fingerprint density at radius 2 is 2.36 bits per heavy atom. The summed E-state index contributed by atoms with van der Waals surface area (Å²) in [7, 11) is 0. The number of halogens is 1. The third-order valence-electron chi connectivity index (χ3n) is 2.66. The lowest BCUT2D eigenvalue weighted by Crippen LogP contribution is -2.43. The summed E-state index contributed by atoms with van der Waals surface area (Å²) in [6.45, 7) is 3.66. The third-order valence-corrected chi connectivity index (χ3v) is 3.03. The van der Waals surface area contributed by atoms with Gasteiger partial charge in [-0.15, -0.1) is 11.6 Å². The van der Waals surface area contributed by atoms with E-state index in [2.05, 4.69) is 0 Å². The van der Waals surface area contributed by atoms with E-state index in [1.54, 1.807) is 13.8 Å². The molecule has 0 amide bonds. The summed E-state index contributed by atoms with van der Waals surface area (Å²) in [6.07, 6.45) is 1.44. The van der Waals surface area contributed by atoms with Crippen molar-refractivity contribution >= 4 is 23.4 Å². The zero-order valence-corrected chi connectivity index (χ0v) is 9.26. The Morgan fingerprint density at radius 1 is 1.71 bits per heavy atom. The highest BCUT2D eigenvalue weighted by Gasteiger charge is 2.46. The van der Waals surface area contributed by atoms with Gasteiger partial charge in [-0.3, -0.25) is 9.59 Å². The van der Waals surface area contributed by atoms with Gasteiger partial charge in [0, 0.05) is 11.8 Å². The molecule has 0 bridgehead atoms. The van der Waals surface area contributed by atoms with Gasteiger partial charge in [0.1, 0.15) is 11.2 Å². The first-order chi connectivity index (χ1) is 6.50. The Balaban J connectivity index is 2.78. The molecule has 0 saturated heterocycles. The molecular weight excluding hydrogens is 204 g/mol. The number of Topliss-reactive ketones (excluding diaryl/α,β-unsaturated/α-hetero) is 1. The van der Waals surface area contributed by atoms with E-state index in [0.717, 1.165) is 0 Å². The molecule has 1 rings (SSSR count). The fourth-order valence-corrected chi connectivity index (χ4v) is 2.13. The first kappa shape index (κ1) is 11.5. The number of alkyl halides is 1. The maximum absolute atomic E-state index is 11.6. The van der Waals surface area contributed by atoms with E-state index in [9.17, 15) is 9.59 Å². The zero-order chi connectivity index (χ0) is 10.8. The molecule has 0 spiro atoms. The average Bonchev–Trinajstić information content (AvgIpc) is 2.12. The van der Waals surface area contributed by atoms with Crippen LogP contribution in [0.1, 0.15) is 33.1 Å². The van der Waals surface area contributed by atoms with E-state index in [1.807, 2.05) is 0 Å². The van der Waals surface area contributed by atoms with Gasteiger partial charge in [-0.1, -0.05) is 0 Å². The predicted molar refractivity (Wildman–Crippen MR) is 53.2 cm³/mol. The van der Waals surface area contributed by atoms with Crippen LogP contribution in [0.2, 0.25) is 0 Å². The second kappa shape index (κ2) is 4.30. The largest absolute Gasteiger partial charge is 0.465 e. The van der Waals surface area contributed by atoms with Crippen LogP contribution in [-0.4, -0.2) is 23.7 Å². The lowest BCUT2D eigenvalue weighted by Gasteiger charge is -2.31. The molecule has 1 aliphatic rings. The Morgan fingerprint density at radius 3 is 2.93 bits per heavy atom. The monoisotopic (exact) mass is 218 g/mol. The van der Waals surface area contributed by atoms with Crippen molar-refractivity contribution in [1.29, 1.82) is 0 Å². The number of rotatable bonds is 2. The number of ketones is 1. The van der Waals surface area contributed by atoms with Crippen LogP contribution in [0, 0.1) is 5.41 Å². The number of carbonyl (C=O) groups is 2. The molecule has 0 radical (unpaired) electrons. The van der Waals surface area contributed by atoms with Gasteiger partial charge in [0.15, 0.2) is 0 Å². The van der Waals surface area contributed by atoms with E-state index in [1.165, 1.54) is 0 Å². The molecule has 0 aromatic carbocycles. The molecule has 0 heterocycles. The number of carbonyl (C=O) groups excluding carboxylic acids is 2. The Bertz CT molecular complexity index is 252. The van der Waals surface area contributed by atoms with Crippen molar-refractivity contribution in [2.45, 2.75) is 38.5 Å². The summed E-state index contributed by atoms with van der Waals surface area (Å²) in [5.41, 5.74) is -1.01. The minimum Gasteiger partial charge on any atom is -0.465 e. The highest BCUT2D eigenvalue weighted by Crippen LogP contribution is 2.36. The fraction of sp³-hybridized carbons (Fsp3) is 0.800. The highest BCUT2D eigenvalue weighted by atomic mass is 35.5. The van der Waals surface area contributed by atoms with Crippen molar-refractivity contribution in [3.05, 3.63) is 0 Å². The quantitative estimate of drug-likeness (QED) is 0.404. The molecule has 0 aromatic rings. The lowest BCUT2D eigenvalue weighted by atomic mass is 9.74. The summed E-state index contributed by atoms with van der Waals surface area (Å²) in [5, 5.41) is -0.0953. The van der Waals surface area contributed by atoms with Crippen LogP contribution in [0.5, 0.6) is 0 Å². The van der Waals surface area contributed by atoms with Crippen molar-refractivity contribution < 1.29 is 14.3 Å². The normalized spacial score (nSPS) is 32.8. The van der Waals surface area contributed by atoms with Crippen molar-refractivity contribution in [3.8, 4) is 0 Å². The topological polar surface area (TPSA) is 43.4 Å². The van der Waals surface area contributed by atoms with Gasteiger partial charge in [-0.2, -0.15) is 0 Å². The number of hydrogen-bond donors (Lipinski definition) is 0. The highest BCUT2D eigenvalue weighted by molar-refractivity contribution is 6.22. The summed E-state index contributed by atoms with van der Waals surface area (Å²) in [5.74, 6) is -0.483. The van der Waals surface area contributed by atoms with E-state index < -0.39 is 11.4 Å². The van der Waals surface area contributed by atoms with Crippen molar-refractivity contribution in [1.82, 2.24) is 0 Å². The van der Waals surface area contributed by atoms with Gasteiger partial charge in [-0.05, 0) is 26.7 Å². The maximum Gasteiger partial charge on any atom is 0.319 e. The minimum atomic E-state index is -1.01. The molecule has 0 N–H and O–H groups in total. The molecule has 1 saturated carbocycles. The van der Waals surface area contributed by atoms with Crippen molar-refractivity contribution in [2.24, 2.45) is 5.41 Å². The molecule has 2 atom stereocenters. The van der Waals surface area contributed by atoms with Gasteiger partial charge < -0.3 is 4.74 Å². The predicted octanol–water partition coefficient (Wildman–Crippen LogP) is 1.92. The Kier molecular flexibility index (Phi) is 3.53. The zero-order valence-electron chi connectivity index (χ0n) is 8.51. The van der Waals surface area contributed by atoms with E-state index >= 15 is 0 Å². The van der Waals surface area contributed by atoms with E-state index in [4.69, 9.17) is 16.3 Å². The first-order valence-corrected chi connectivity index (χ1v) is 5.29. The maximum atomic E-state index is 11.6. The molecule has 14 heavy (non-hydrogen) atoms. The van der Waals surface area contributed by atoms with Gasteiger partial charge >= 0.3 is 5.97 Å². The van der Waals surface area contributed by atoms with E-state index in [-0.39, 0.29) is 11.2 Å². The van der Waals surface area contributed by atoms with Crippen LogP contribution < -0.4 is 0 Å². The smallest absolute Gasteiger partial charge is 0.319 e. The standard InChI is InChI=1S/C10H15ClO3/c1-3-14-9(13)10(2)6-7(11)4-5-8(10)12/h7H,3-6H2,1-2H3. The summed E-state index contributed by atoms with van der Waals surface area (Å²) < 4.78 is 4.88.